The molecule has 0 saturated carbocycles. The minimum atomic E-state index is -0.235. The number of nitrogens with zero attached hydrogens (tertiary/aromatic N) is 1. The van der Waals surface area contributed by atoms with Gasteiger partial charge in [-0.3, -0.25) is 9.78 Å². The lowest BCUT2D eigenvalue weighted by Crippen LogP contribution is -2.31. The third kappa shape index (κ3) is 2.09. The quantitative estimate of drug-likeness (QED) is 0.696. The van der Waals surface area contributed by atoms with Crippen LogP contribution in [0.2, 0.25) is 0 Å². The molecule has 0 fully saturated rings. The first-order valence-corrected chi connectivity index (χ1v) is 4.53. The number of hydrogen-bond acceptors (Lipinski definition) is 4. The van der Waals surface area contributed by atoms with Gasteiger partial charge >= 0.3 is 0 Å². The number of carbonyl (C=O) groups excluding carboxylic acids is 1. The molecule has 0 aliphatic rings. The van der Waals surface area contributed by atoms with Crippen molar-refractivity contribution < 1.29 is 4.79 Å². The standard InChI is InChI=1S/C10H15N3O/c1-6(7(2)11)10(14)8-5-13-4-3-9(8)12/h3-7H,11H2,1-2H3,(H2,12,13). The monoisotopic (exact) mass is 193 g/mol. The van der Waals surface area contributed by atoms with E-state index in [0.717, 1.165) is 0 Å². The van der Waals surface area contributed by atoms with Gasteiger partial charge in [0.15, 0.2) is 5.78 Å². The zero-order valence-corrected chi connectivity index (χ0v) is 8.40. The lowest BCUT2D eigenvalue weighted by atomic mass is 9.94. The van der Waals surface area contributed by atoms with E-state index in [4.69, 9.17) is 11.5 Å². The molecule has 1 aromatic heterocycles. The van der Waals surface area contributed by atoms with Gasteiger partial charge in [0.25, 0.3) is 0 Å². The van der Waals surface area contributed by atoms with E-state index in [1.165, 1.54) is 6.20 Å². The predicted octanol–water partition coefficient (Wildman–Crippen LogP) is 0.830. The number of rotatable bonds is 3. The second kappa shape index (κ2) is 4.19. The second-order valence-corrected chi connectivity index (χ2v) is 3.47. The van der Waals surface area contributed by atoms with E-state index in [2.05, 4.69) is 4.98 Å². The number of anilines is 1. The summed E-state index contributed by atoms with van der Waals surface area (Å²) in [5.74, 6) is -0.285. The van der Waals surface area contributed by atoms with E-state index in [-0.39, 0.29) is 17.7 Å². The summed E-state index contributed by atoms with van der Waals surface area (Å²) in [4.78, 5) is 15.7. The Morgan fingerprint density at radius 1 is 1.50 bits per heavy atom. The summed E-state index contributed by atoms with van der Waals surface area (Å²) in [6, 6.07) is 1.43. The molecule has 76 valence electrons. The third-order valence-corrected chi connectivity index (χ3v) is 2.32. The highest BCUT2D eigenvalue weighted by Crippen LogP contribution is 2.15. The van der Waals surface area contributed by atoms with Crippen molar-refractivity contribution in [2.75, 3.05) is 5.73 Å². The van der Waals surface area contributed by atoms with Gasteiger partial charge < -0.3 is 11.5 Å². The summed E-state index contributed by atoms with van der Waals surface area (Å²) in [5, 5.41) is 0. The number of pyridine rings is 1. The van der Waals surface area contributed by atoms with Crippen LogP contribution in [0.1, 0.15) is 24.2 Å². The van der Waals surface area contributed by atoms with Crippen LogP contribution in [0.25, 0.3) is 0 Å². The molecule has 4 heteroatoms. The second-order valence-electron chi connectivity index (χ2n) is 3.47. The lowest BCUT2D eigenvalue weighted by molar-refractivity contribution is 0.0917. The van der Waals surface area contributed by atoms with Crippen molar-refractivity contribution in [2.24, 2.45) is 11.7 Å². The average Bonchev–Trinajstić information content (AvgIpc) is 2.16. The number of hydrogen-bond donors (Lipinski definition) is 2. The lowest BCUT2D eigenvalue weighted by Gasteiger charge is -2.14. The van der Waals surface area contributed by atoms with Crippen LogP contribution in [0.15, 0.2) is 18.5 Å². The first-order valence-electron chi connectivity index (χ1n) is 4.53. The van der Waals surface area contributed by atoms with Crippen molar-refractivity contribution in [2.45, 2.75) is 19.9 Å². The van der Waals surface area contributed by atoms with Crippen LogP contribution in [0.3, 0.4) is 0 Å². The van der Waals surface area contributed by atoms with Gasteiger partial charge in [-0.2, -0.15) is 0 Å². The van der Waals surface area contributed by atoms with Crippen LogP contribution in [-0.4, -0.2) is 16.8 Å². The Morgan fingerprint density at radius 3 is 2.64 bits per heavy atom. The molecule has 2 atom stereocenters. The Hall–Kier alpha value is -1.42. The predicted molar refractivity (Wildman–Crippen MR) is 55.8 cm³/mol. The number of nitrogens with two attached hydrogens (primary N) is 2. The Bertz CT molecular complexity index is 336. The number of Topliss-reactive ketones (excluding diaryl/α,β-unsaturated/α-hetero) is 1. The van der Waals surface area contributed by atoms with Crippen molar-refractivity contribution in [3.05, 3.63) is 24.0 Å². The molecule has 1 heterocycles. The van der Waals surface area contributed by atoms with E-state index in [9.17, 15) is 4.79 Å². The summed E-state index contributed by atoms with van der Waals surface area (Å²) >= 11 is 0. The minimum Gasteiger partial charge on any atom is -0.398 e. The van der Waals surface area contributed by atoms with Crippen molar-refractivity contribution in [1.29, 1.82) is 0 Å². The van der Waals surface area contributed by atoms with Gasteiger partial charge in [-0.1, -0.05) is 6.92 Å². The van der Waals surface area contributed by atoms with Crippen LogP contribution in [0, 0.1) is 5.92 Å². The maximum absolute atomic E-state index is 11.8. The summed E-state index contributed by atoms with van der Waals surface area (Å²) < 4.78 is 0. The Kier molecular flexibility index (Phi) is 3.19. The van der Waals surface area contributed by atoms with Gasteiger partial charge in [0.05, 0.1) is 5.56 Å². The van der Waals surface area contributed by atoms with Gasteiger partial charge in [0, 0.05) is 30.0 Å². The first kappa shape index (κ1) is 10.7. The molecule has 0 amide bonds. The van der Waals surface area contributed by atoms with Gasteiger partial charge in [0.2, 0.25) is 0 Å². The maximum Gasteiger partial charge on any atom is 0.170 e. The molecule has 0 bridgehead atoms. The molecular weight excluding hydrogens is 178 g/mol. The molecule has 0 saturated heterocycles. The summed E-state index contributed by atoms with van der Waals surface area (Å²) in [5.41, 5.74) is 12.2. The van der Waals surface area contributed by atoms with Crippen LogP contribution in [0.4, 0.5) is 5.69 Å². The van der Waals surface area contributed by atoms with Gasteiger partial charge in [-0.15, -0.1) is 0 Å². The normalized spacial score (nSPS) is 14.8. The highest BCUT2D eigenvalue weighted by atomic mass is 16.1. The highest BCUT2D eigenvalue weighted by Gasteiger charge is 2.20. The van der Waals surface area contributed by atoms with Gasteiger partial charge in [-0.05, 0) is 13.0 Å². The fourth-order valence-electron chi connectivity index (χ4n) is 1.10. The van der Waals surface area contributed by atoms with Crippen molar-refractivity contribution in [3.63, 3.8) is 0 Å². The molecule has 0 aliphatic carbocycles. The van der Waals surface area contributed by atoms with Crippen LogP contribution >= 0.6 is 0 Å². The molecule has 2 unspecified atom stereocenters. The number of carbonyl (C=O) groups is 1. The highest BCUT2D eigenvalue weighted by molar-refractivity contribution is 6.02. The summed E-state index contributed by atoms with van der Waals surface area (Å²) in [7, 11) is 0. The molecule has 0 radical (unpaired) electrons. The molecule has 1 rings (SSSR count). The van der Waals surface area contributed by atoms with Gasteiger partial charge in [0.1, 0.15) is 0 Å². The smallest absolute Gasteiger partial charge is 0.170 e. The molecule has 0 spiro atoms. The Labute approximate surface area is 83.3 Å². The topological polar surface area (TPSA) is 82.0 Å². The molecule has 4 nitrogen and oxygen atoms in total. The van der Waals surface area contributed by atoms with Gasteiger partial charge in [-0.25, -0.2) is 0 Å². The van der Waals surface area contributed by atoms with Crippen LogP contribution < -0.4 is 11.5 Å². The molecular formula is C10H15N3O. The van der Waals surface area contributed by atoms with E-state index in [1.54, 1.807) is 26.1 Å². The van der Waals surface area contributed by atoms with E-state index in [1.807, 2.05) is 0 Å². The molecule has 1 aromatic rings. The Balaban J connectivity index is 2.95. The van der Waals surface area contributed by atoms with Crippen molar-refractivity contribution in [3.8, 4) is 0 Å². The van der Waals surface area contributed by atoms with Crippen molar-refractivity contribution in [1.82, 2.24) is 4.98 Å². The first-order chi connectivity index (χ1) is 6.54. The molecule has 4 N–H and O–H groups in total. The molecule has 0 aromatic carbocycles. The number of ketones is 1. The fraction of sp³-hybridized carbons (Fsp3) is 0.400. The third-order valence-electron chi connectivity index (χ3n) is 2.32. The largest absolute Gasteiger partial charge is 0.398 e. The SMILES string of the molecule is CC(N)C(C)C(=O)c1cnccc1N. The van der Waals surface area contributed by atoms with Crippen LogP contribution in [0.5, 0.6) is 0 Å². The summed E-state index contributed by atoms with van der Waals surface area (Å²) in [6.07, 6.45) is 3.04. The van der Waals surface area contributed by atoms with E-state index in [0.29, 0.717) is 11.3 Å². The Morgan fingerprint density at radius 2 is 2.14 bits per heavy atom. The fourth-order valence-corrected chi connectivity index (χ4v) is 1.10. The van der Waals surface area contributed by atoms with E-state index >= 15 is 0 Å². The van der Waals surface area contributed by atoms with E-state index < -0.39 is 0 Å². The number of aromatic nitrogens is 1. The van der Waals surface area contributed by atoms with Crippen LogP contribution in [-0.2, 0) is 0 Å². The number of nitrogen functional groups attached to an aromatic ring is 1. The molecule has 14 heavy (non-hydrogen) atoms. The zero-order chi connectivity index (χ0) is 10.7. The molecule has 0 aliphatic heterocycles. The minimum absolute atomic E-state index is 0.0504. The van der Waals surface area contributed by atoms with Crippen molar-refractivity contribution >= 4 is 11.5 Å². The average molecular weight is 193 g/mol. The zero-order valence-electron chi connectivity index (χ0n) is 8.40. The summed E-state index contributed by atoms with van der Waals surface area (Å²) in [6.45, 7) is 3.59. The maximum atomic E-state index is 11.8.